The Kier molecular flexibility index (Phi) is 6.03. The number of benzene rings is 3. The van der Waals surface area contributed by atoms with Crippen molar-refractivity contribution in [3.05, 3.63) is 111 Å². The number of Topliss-reactive ketones (excluding diaryl/α,β-unsaturated/α-hetero) is 1. The van der Waals surface area contributed by atoms with Crippen LogP contribution in [0.1, 0.15) is 34.3 Å². The first-order chi connectivity index (χ1) is 14.5. The normalized spacial score (nSPS) is 14.2. The fourth-order valence-corrected chi connectivity index (χ4v) is 4.02. The molecule has 0 aliphatic carbocycles. The predicted octanol–water partition coefficient (Wildman–Crippen LogP) is 6.41. The van der Waals surface area contributed by atoms with Crippen LogP contribution in [0.3, 0.4) is 0 Å². The van der Waals surface area contributed by atoms with Crippen LogP contribution in [0.15, 0.2) is 84.4 Å². The van der Waals surface area contributed by atoms with Gasteiger partial charge in [-0.25, -0.2) is 0 Å². The fourth-order valence-electron chi connectivity index (χ4n) is 3.67. The van der Waals surface area contributed by atoms with Crippen molar-refractivity contribution in [1.29, 1.82) is 0 Å². The number of carbonyl (C=O) groups is 2. The average molecular weight is 436 g/mol. The molecular formula is C25H19Cl2NO2. The highest BCUT2D eigenvalue weighted by Crippen LogP contribution is 2.35. The monoisotopic (exact) mass is 435 g/mol. The molecule has 3 aromatic carbocycles. The first kappa shape index (κ1) is 20.4. The molecule has 4 rings (SSSR count). The van der Waals surface area contributed by atoms with Crippen molar-refractivity contribution in [3.63, 3.8) is 0 Å². The topological polar surface area (TPSA) is 37.4 Å². The molecule has 5 heteroatoms. The second kappa shape index (κ2) is 8.86. The number of hydrogen-bond acceptors (Lipinski definition) is 2. The van der Waals surface area contributed by atoms with E-state index in [1.807, 2.05) is 42.5 Å². The number of ketones is 1. The van der Waals surface area contributed by atoms with E-state index in [-0.39, 0.29) is 18.1 Å². The highest BCUT2D eigenvalue weighted by molar-refractivity contribution is 6.35. The Morgan fingerprint density at radius 3 is 2.20 bits per heavy atom. The summed E-state index contributed by atoms with van der Waals surface area (Å²) in [4.78, 5) is 28.1. The van der Waals surface area contributed by atoms with E-state index in [4.69, 9.17) is 23.2 Å². The smallest absolute Gasteiger partial charge is 0.227 e. The molecule has 1 aliphatic rings. The summed E-state index contributed by atoms with van der Waals surface area (Å²) in [7, 11) is 0. The lowest BCUT2D eigenvalue weighted by Gasteiger charge is -2.32. The zero-order valence-corrected chi connectivity index (χ0v) is 17.7. The summed E-state index contributed by atoms with van der Waals surface area (Å²) in [6, 6.07) is 23.9. The van der Waals surface area contributed by atoms with Gasteiger partial charge in [-0.3, -0.25) is 9.59 Å². The van der Waals surface area contributed by atoms with Crippen molar-refractivity contribution in [2.45, 2.75) is 19.4 Å². The Morgan fingerprint density at radius 1 is 0.833 bits per heavy atom. The maximum atomic E-state index is 13.5. The van der Waals surface area contributed by atoms with Gasteiger partial charge in [0.05, 0.1) is 17.3 Å². The first-order valence-corrected chi connectivity index (χ1v) is 10.4. The molecule has 150 valence electrons. The summed E-state index contributed by atoms with van der Waals surface area (Å²) >= 11 is 12.3. The van der Waals surface area contributed by atoms with Gasteiger partial charge in [-0.05, 0) is 41.8 Å². The van der Waals surface area contributed by atoms with Crippen molar-refractivity contribution in [2.24, 2.45) is 0 Å². The first-order valence-electron chi connectivity index (χ1n) is 9.67. The van der Waals surface area contributed by atoms with Gasteiger partial charge in [0.2, 0.25) is 5.91 Å². The highest BCUT2D eigenvalue weighted by Gasteiger charge is 2.32. The molecule has 0 saturated carbocycles. The number of halogens is 2. The summed E-state index contributed by atoms with van der Waals surface area (Å²) in [6.07, 6.45) is 0.652. The molecule has 1 amide bonds. The lowest BCUT2D eigenvalue weighted by molar-refractivity contribution is -0.128. The minimum Gasteiger partial charge on any atom is -0.307 e. The predicted molar refractivity (Wildman–Crippen MR) is 120 cm³/mol. The second-order valence-corrected chi connectivity index (χ2v) is 7.95. The molecule has 0 atom stereocenters. The minimum absolute atomic E-state index is 0.0143. The second-order valence-electron chi connectivity index (χ2n) is 7.11. The van der Waals surface area contributed by atoms with E-state index in [0.29, 0.717) is 39.8 Å². The van der Waals surface area contributed by atoms with Crippen LogP contribution in [0.5, 0.6) is 0 Å². The van der Waals surface area contributed by atoms with Crippen molar-refractivity contribution in [1.82, 2.24) is 4.90 Å². The van der Waals surface area contributed by atoms with Crippen molar-refractivity contribution in [2.75, 3.05) is 0 Å². The van der Waals surface area contributed by atoms with Crippen LogP contribution >= 0.6 is 23.2 Å². The van der Waals surface area contributed by atoms with Crippen LogP contribution in [0.4, 0.5) is 0 Å². The molecule has 0 saturated heterocycles. The summed E-state index contributed by atoms with van der Waals surface area (Å²) in [5.41, 5.74) is 3.46. The average Bonchev–Trinajstić information content (AvgIpc) is 2.77. The molecule has 0 radical (unpaired) electrons. The van der Waals surface area contributed by atoms with Gasteiger partial charge in [0.25, 0.3) is 0 Å². The van der Waals surface area contributed by atoms with E-state index >= 15 is 0 Å². The van der Waals surface area contributed by atoms with Crippen LogP contribution in [-0.2, 0) is 11.3 Å². The maximum absolute atomic E-state index is 13.5. The lowest BCUT2D eigenvalue weighted by Crippen LogP contribution is -2.34. The minimum atomic E-state index is -0.145. The third-order valence-electron chi connectivity index (χ3n) is 5.14. The standard InChI is InChI=1S/C25H19Cl2NO2/c26-19-12-10-17(11-13-19)16-28-23(29)15-14-21(24(28)18-6-2-1-3-7-18)25(30)20-8-4-5-9-22(20)27/h1-13H,14-16H2. The van der Waals surface area contributed by atoms with Gasteiger partial charge in [-0.1, -0.05) is 77.8 Å². The van der Waals surface area contributed by atoms with Gasteiger partial charge in [-0.15, -0.1) is 0 Å². The van der Waals surface area contributed by atoms with Gasteiger partial charge >= 0.3 is 0 Å². The molecule has 0 bridgehead atoms. The molecule has 0 aromatic heterocycles. The van der Waals surface area contributed by atoms with E-state index in [1.54, 1.807) is 41.3 Å². The summed E-state index contributed by atoms with van der Waals surface area (Å²) in [5.74, 6) is -0.160. The van der Waals surface area contributed by atoms with Crippen LogP contribution in [0.25, 0.3) is 5.70 Å². The van der Waals surface area contributed by atoms with E-state index in [1.165, 1.54) is 0 Å². The molecule has 30 heavy (non-hydrogen) atoms. The Labute approximate surface area is 185 Å². The summed E-state index contributed by atoms with van der Waals surface area (Å²) < 4.78 is 0. The van der Waals surface area contributed by atoms with Gasteiger partial charge in [0.15, 0.2) is 5.78 Å². The van der Waals surface area contributed by atoms with Gasteiger partial charge in [-0.2, -0.15) is 0 Å². The van der Waals surface area contributed by atoms with E-state index in [2.05, 4.69) is 0 Å². The SMILES string of the molecule is O=C(C1=C(c2ccccc2)N(Cc2ccc(Cl)cc2)C(=O)CC1)c1ccccc1Cl. The molecule has 3 nitrogen and oxygen atoms in total. The Bertz CT molecular complexity index is 1120. The Balaban J connectivity index is 1.84. The van der Waals surface area contributed by atoms with Gasteiger partial charge in [0, 0.05) is 22.6 Å². The van der Waals surface area contributed by atoms with Crippen molar-refractivity contribution < 1.29 is 9.59 Å². The van der Waals surface area contributed by atoms with E-state index < -0.39 is 0 Å². The summed E-state index contributed by atoms with van der Waals surface area (Å²) in [6.45, 7) is 0.361. The fraction of sp³-hybridized carbons (Fsp3) is 0.120. The molecule has 0 N–H and O–H groups in total. The van der Waals surface area contributed by atoms with Gasteiger partial charge in [0.1, 0.15) is 0 Å². The number of amides is 1. The van der Waals surface area contributed by atoms with E-state index in [9.17, 15) is 9.59 Å². The number of hydrogen-bond donors (Lipinski definition) is 0. The zero-order chi connectivity index (χ0) is 21.1. The molecule has 0 unspecified atom stereocenters. The van der Waals surface area contributed by atoms with Crippen LogP contribution < -0.4 is 0 Å². The zero-order valence-electron chi connectivity index (χ0n) is 16.1. The molecule has 1 aliphatic heterocycles. The van der Waals surface area contributed by atoms with Crippen molar-refractivity contribution in [3.8, 4) is 0 Å². The molecule has 0 fully saturated rings. The van der Waals surface area contributed by atoms with E-state index in [0.717, 1.165) is 11.1 Å². The maximum Gasteiger partial charge on any atom is 0.227 e. The van der Waals surface area contributed by atoms with Crippen molar-refractivity contribution >= 4 is 40.6 Å². The number of allylic oxidation sites excluding steroid dienone is 1. The largest absolute Gasteiger partial charge is 0.307 e. The molecule has 1 heterocycles. The Hall–Kier alpha value is -2.88. The number of rotatable bonds is 5. The highest BCUT2D eigenvalue weighted by atomic mass is 35.5. The lowest BCUT2D eigenvalue weighted by atomic mass is 9.90. The third kappa shape index (κ3) is 4.18. The molecule has 3 aromatic rings. The quantitative estimate of drug-likeness (QED) is 0.434. The number of nitrogens with zero attached hydrogens (tertiary/aromatic N) is 1. The van der Waals surface area contributed by atoms with Crippen LogP contribution in [0.2, 0.25) is 10.0 Å². The van der Waals surface area contributed by atoms with Crippen LogP contribution in [-0.4, -0.2) is 16.6 Å². The molecule has 0 spiro atoms. The number of carbonyl (C=O) groups excluding carboxylic acids is 2. The molecular weight excluding hydrogens is 417 g/mol. The van der Waals surface area contributed by atoms with Crippen LogP contribution in [0, 0.1) is 0 Å². The van der Waals surface area contributed by atoms with Gasteiger partial charge < -0.3 is 4.90 Å². The Morgan fingerprint density at radius 2 is 1.50 bits per heavy atom. The third-order valence-corrected chi connectivity index (χ3v) is 5.72. The summed E-state index contributed by atoms with van der Waals surface area (Å²) in [5, 5.41) is 1.04.